The molecule has 1 aromatic rings. The molecule has 2 aliphatic rings. The average Bonchev–Trinajstić information content (AvgIpc) is 2.63. The third kappa shape index (κ3) is 4.77. The first-order chi connectivity index (χ1) is 12.1. The van der Waals surface area contributed by atoms with Crippen LogP contribution in [0.15, 0.2) is 12.4 Å². The van der Waals surface area contributed by atoms with E-state index in [-0.39, 0.29) is 17.9 Å². The van der Waals surface area contributed by atoms with Gasteiger partial charge in [0, 0.05) is 38.4 Å². The third-order valence-corrected chi connectivity index (χ3v) is 5.38. The van der Waals surface area contributed by atoms with E-state index in [1.165, 1.54) is 19.3 Å². The number of rotatable bonds is 4. The van der Waals surface area contributed by atoms with Crippen LogP contribution < -0.4 is 5.32 Å². The Hall–Kier alpha value is -1.98. The minimum absolute atomic E-state index is 0.103. The summed E-state index contributed by atoms with van der Waals surface area (Å²) < 4.78 is 0. The number of likely N-dealkylation sites (tertiary alicyclic amines) is 1. The molecule has 136 valence electrons. The minimum Gasteiger partial charge on any atom is -0.348 e. The van der Waals surface area contributed by atoms with E-state index in [2.05, 4.69) is 15.3 Å². The predicted octanol–water partition coefficient (Wildman–Crippen LogP) is 2.34. The van der Waals surface area contributed by atoms with Crippen molar-refractivity contribution in [3.05, 3.63) is 23.8 Å². The number of hydrogen-bond acceptors (Lipinski definition) is 4. The van der Waals surface area contributed by atoms with Gasteiger partial charge in [0.05, 0.1) is 5.69 Å². The Bertz CT molecular complexity index is 613. The van der Waals surface area contributed by atoms with Crippen LogP contribution in [0.1, 0.15) is 68.1 Å². The molecule has 3 rings (SSSR count). The van der Waals surface area contributed by atoms with Crippen molar-refractivity contribution in [3.63, 3.8) is 0 Å². The zero-order valence-corrected chi connectivity index (χ0v) is 15.0. The largest absolute Gasteiger partial charge is 0.348 e. The lowest BCUT2D eigenvalue weighted by Gasteiger charge is -2.32. The Morgan fingerprint density at radius 1 is 1.12 bits per heavy atom. The first-order valence-electron chi connectivity index (χ1n) is 9.49. The molecule has 1 N–H and O–H groups in total. The van der Waals surface area contributed by atoms with Gasteiger partial charge in [0.25, 0.3) is 5.91 Å². The van der Waals surface area contributed by atoms with Crippen LogP contribution in [0.3, 0.4) is 0 Å². The molecule has 2 amide bonds. The Kier molecular flexibility index (Phi) is 6.00. The fraction of sp³-hybridized carbons (Fsp3) is 0.684. The summed E-state index contributed by atoms with van der Waals surface area (Å²) in [6.07, 6.45) is 11.7. The molecule has 6 heteroatoms. The minimum atomic E-state index is -0.103. The molecule has 1 saturated heterocycles. The molecular formula is C19H28N4O2. The molecule has 2 heterocycles. The number of nitrogens with zero attached hydrogens (tertiary/aromatic N) is 3. The number of aromatic nitrogens is 2. The van der Waals surface area contributed by atoms with Crippen LogP contribution >= 0.6 is 0 Å². The molecule has 1 atom stereocenters. The highest BCUT2D eigenvalue weighted by Gasteiger charge is 2.25. The van der Waals surface area contributed by atoms with Crippen LogP contribution in [-0.2, 0) is 11.2 Å². The highest BCUT2D eigenvalue weighted by atomic mass is 16.2. The van der Waals surface area contributed by atoms with E-state index in [0.717, 1.165) is 44.5 Å². The number of nitrogens with one attached hydrogen (secondary N) is 1. The molecule has 6 nitrogen and oxygen atoms in total. The molecule has 0 aromatic carbocycles. The molecule has 0 spiro atoms. The summed E-state index contributed by atoms with van der Waals surface area (Å²) in [6, 6.07) is 0.263. The lowest BCUT2D eigenvalue weighted by atomic mass is 9.92. The zero-order valence-electron chi connectivity index (χ0n) is 15.0. The van der Waals surface area contributed by atoms with Crippen molar-refractivity contribution in [2.75, 3.05) is 13.1 Å². The molecule has 0 bridgehead atoms. The van der Waals surface area contributed by atoms with Gasteiger partial charge in [-0.05, 0) is 38.0 Å². The second-order valence-corrected chi connectivity index (χ2v) is 7.34. The van der Waals surface area contributed by atoms with Gasteiger partial charge < -0.3 is 10.2 Å². The van der Waals surface area contributed by atoms with Crippen molar-refractivity contribution in [3.8, 4) is 0 Å². The zero-order chi connectivity index (χ0) is 17.6. The van der Waals surface area contributed by atoms with E-state index in [1.807, 2.05) is 4.90 Å². The van der Waals surface area contributed by atoms with E-state index >= 15 is 0 Å². The monoisotopic (exact) mass is 344 g/mol. The molecular weight excluding hydrogens is 316 g/mol. The van der Waals surface area contributed by atoms with Gasteiger partial charge in [0.15, 0.2) is 0 Å². The topological polar surface area (TPSA) is 75.2 Å². The van der Waals surface area contributed by atoms with Gasteiger partial charge in [-0.2, -0.15) is 0 Å². The lowest BCUT2D eigenvalue weighted by Crippen LogP contribution is -2.40. The summed E-state index contributed by atoms with van der Waals surface area (Å²) in [4.78, 5) is 34.9. The van der Waals surface area contributed by atoms with Gasteiger partial charge >= 0.3 is 0 Å². The van der Waals surface area contributed by atoms with Gasteiger partial charge in [0.1, 0.15) is 5.69 Å². The van der Waals surface area contributed by atoms with Crippen LogP contribution in [-0.4, -0.2) is 45.8 Å². The van der Waals surface area contributed by atoms with E-state index in [9.17, 15) is 9.59 Å². The Balaban J connectivity index is 1.65. The molecule has 2 fully saturated rings. The molecule has 1 aliphatic heterocycles. The lowest BCUT2D eigenvalue weighted by molar-refractivity contribution is -0.130. The van der Waals surface area contributed by atoms with Crippen LogP contribution in [0.5, 0.6) is 0 Å². The standard InChI is InChI=1S/C19H28N4O2/c1-14(24)23-11-5-6-15(13-23)12-17-18(21-10-9-20-17)19(25)22-16-7-3-2-4-8-16/h9-10,15-16H,2-8,11-13H2,1H3,(H,22,25)/t15-/m1/s1. The van der Waals surface area contributed by atoms with E-state index < -0.39 is 0 Å². The third-order valence-electron chi connectivity index (χ3n) is 5.38. The van der Waals surface area contributed by atoms with E-state index in [0.29, 0.717) is 18.0 Å². The Labute approximate surface area is 149 Å². The van der Waals surface area contributed by atoms with Crippen LogP contribution in [0, 0.1) is 5.92 Å². The summed E-state index contributed by atoms with van der Waals surface area (Å²) in [6.45, 7) is 3.20. The van der Waals surface area contributed by atoms with Crippen LogP contribution in [0.25, 0.3) is 0 Å². The summed E-state index contributed by atoms with van der Waals surface area (Å²) in [5, 5.41) is 3.13. The summed E-state index contributed by atoms with van der Waals surface area (Å²) in [7, 11) is 0. The molecule has 0 radical (unpaired) electrons. The highest BCUT2D eigenvalue weighted by molar-refractivity contribution is 5.93. The number of carbonyl (C=O) groups is 2. The van der Waals surface area contributed by atoms with Gasteiger partial charge in [-0.25, -0.2) is 4.98 Å². The number of piperidine rings is 1. The van der Waals surface area contributed by atoms with Crippen molar-refractivity contribution >= 4 is 11.8 Å². The molecule has 0 unspecified atom stereocenters. The second-order valence-electron chi connectivity index (χ2n) is 7.34. The van der Waals surface area contributed by atoms with Crippen molar-refractivity contribution in [1.29, 1.82) is 0 Å². The molecule has 1 aromatic heterocycles. The summed E-state index contributed by atoms with van der Waals surface area (Å²) >= 11 is 0. The van der Waals surface area contributed by atoms with E-state index in [4.69, 9.17) is 0 Å². The van der Waals surface area contributed by atoms with Crippen molar-refractivity contribution < 1.29 is 9.59 Å². The Morgan fingerprint density at radius 3 is 2.64 bits per heavy atom. The van der Waals surface area contributed by atoms with Gasteiger partial charge in [-0.3, -0.25) is 14.6 Å². The summed E-state index contributed by atoms with van der Waals surface area (Å²) in [5.41, 5.74) is 1.21. The average molecular weight is 344 g/mol. The smallest absolute Gasteiger partial charge is 0.271 e. The first kappa shape index (κ1) is 17.8. The maximum absolute atomic E-state index is 12.7. The molecule has 1 saturated carbocycles. The van der Waals surface area contributed by atoms with Crippen molar-refractivity contribution in [2.45, 2.75) is 64.3 Å². The number of hydrogen-bond donors (Lipinski definition) is 1. The predicted molar refractivity (Wildman–Crippen MR) is 95.1 cm³/mol. The second kappa shape index (κ2) is 8.41. The van der Waals surface area contributed by atoms with Gasteiger partial charge in [-0.1, -0.05) is 19.3 Å². The quantitative estimate of drug-likeness (QED) is 0.910. The van der Waals surface area contributed by atoms with Crippen molar-refractivity contribution in [1.82, 2.24) is 20.2 Å². The van der Waals surface area contributed by atoms with Crippen molar-refractivity contribution in [2.24, 2.45) is 5.92 Å². The maximum atomic E-state index is 12.7. The fourth-order valence-electron chi connectivity index (χ4n) is 4.00. The molecule has 25 heavy (non-hydrogen) atoms. The highest BCUT2D eigenvalue weighted by Crippen LogP contribution is 2.22. The molecule has 1 aliphatic carbocycles. The van der Waals surface area contributed by atoms with Gasteiger partial charge in [-0.15, -0.1) is 0 Å². The van der Waals surface area contributed by atoms with Crippen LogP contribution in [0.4, 0.5) is 0 Å². The van der Waals surface area contributed by atoms with E-state index in [1.54, 1.807) is 19.3 Å². The maximum Gasteiger partial charge on any atom is 0.271 e. The fourth-order valence-corrected chi connectivity index (χ4v) is 4.00. The SMILES string of the molecule is CC(=O)N1CCC[C@H](Cc2nccnc2C(=O)NC2CCCCC2)C1. The van der Waals surface area contributed by atoms with Crippen LogP contribution in [0.2, 0.25) is 0 Å². The normalized spacial score (nSPS) is 21.8. The number of carbonyl (C=O) groups excluding carboxylic acids is 2. The summed E-state index contributed by atoms with van der Waals surface area (Å²) in [5.74, 6) is 0.365. The van der Waals surface area contributed by atoms with Gasteiger partial charge in [0.2, 0.25) is 5.91 Å². The number of amides is 2. The first-order valence-corrected chi connectivity index (χ1v) is 9.49. The Morgan fingerprint density at radius 2 is 1.88 bits per heavy atom.